The van der Waals surface area contributed by atoms with E-state index in [2.05, 4.69) is 25.8 Å². The fourth-order valence-electron chi connectivity index (χ4n) is 1.32. The Hall–Kier alpha value is -0.0400. The zero-order valence-electron chi connectivity index (χ0n) is 8.02. The fraction of sp³-hybridized carbons (Fsp3) is 1.00. The molecule has 0 bridgehead atoms. The Bertz CT molecular complexity index is 70.8. The minimum atomic E-state index is 0.824. The van der Waals surface area contributed by atoms with Gasteiger partial charge in [0.15, 0.2) is 0 Å². The van der Waals surface area contributed by atoms with Crippen molar-refractivity contribution in [2.75, 3.05) is 7.05 Å². The summed E-state index contributed by atoms with van der Waals surface area (Å²) < 4.78 is 0. The van der Waals surface area contributed by atoms with Gasteiger partial charge in [-0.05, 0) is 33.7 Å². The van der Waals surface area contributed by atoms with Crippen molar-refractivity contribution in [1.82, 2.24) is 4.90 Å². The molecule has 0 aromatic carbocycles. The van der Waals surface area contributed by atoms with E-state index in [4.69, 9.17) is 0 Å². The van der Waals surface area contributed by atoms with Gasteiger partial charge in [-0.2, -0.15) is 0 Å². The topological polar surface area (TPSA) is 3.24 Å². The zero-order valence-corrected chi connectivity index (χ0v) is 8.02. The first-order chi connectivity index (χ1) is 4.72. The van der Waals surface area contributed by atoms with Crippen molar-refractivity contribution < 1.29 is 0 Å². The molecule has 1 heterocycles. The minimum absolute atomic E-state index is 0.824. The molecule has 1 aliphatic rings. The molecular weight excluding hydrogens is 122 g/mol. The monoisotopic (exact) mass is 143 g/mol. The largest absolute Gasteiger partial charge is 0.301 e. The predicted octanol–water partition coefficient (Wildman–Crippen LogP) is 2.52. The van der Waals surface area contributed by atoms with Gasteiger partial charge in [-0.3, -0.25) is 0 Å². The predicted molar refractivity (Wildman–Crippen MR) is 47.3 cm³/mol. The van der Waals surface area contributed by atoms with Gasteiger partial charge < -0.3 is 4.90 Å². The summed E-state index contributed by atoms with van der Waals surface area (Å²) in [6, 6.07) is 1.65. The van der Waals surface area contributed by atoms with E-state index in [0.717, 1.165) is 12.1 Å². The molecule has 0 N–H and O–H groups in total. The van der Waals surface area contributed by atoms with Gasteiger partial charge in [0.2, 0.25) is 0 Å². The number of hydrogen-bond donors (Lipinski definition) is 0. The molecule has 0 aromatic rings. The van der Waals surface area contributed by atoms with Crippen LogP contribution in [-0.2, 0) is 0 Å². The third-order valence-corrected chi connectivity index (χ3v) is 2.39. The highest BCUT2D eigenvalue weighted by atomic mass is 15.2. The quantitative estimate of drug-likeness (QED) is 0.503. The normalized spacial score (nSPS) is 33.3. The molecule has 1 nitrogen and oxygen atoms in total. The first kappa shape index (κ1) is 9.96. The van der Waals surface area contributed by atoms with Crippen molar-refractivity contribution in [3.8, 4) is 0 Å². The summed E-state index contributed by atoms with van der Waals surface area (Å²) in [4.78, 5) is 2.44. The van der Waals surface area contributed by atoms with Crippen molar-refractivity contribution >= 4 is 0 Å². The van der Waals surface area contributed by atoms with Crippen LogP contribution in [0.15, 0.2) is 0 Å². The van der Waals surface area contributed by atoms with Crippen molar-refractivity contribution in [3.63, 3.8) is 0 Å². The molecule has 1 rings (SSSR count). The molecule has 2 unspecified atom stereocenters. The van der Waals surface area contributed by atoms with Crippen molar-refractivity contribution in [3.05, 3.63) is 0 Å². The van der Waals surface area contributed by atoms with Gasteiger partial charge >= 0.3 is 0 Å². The van der Waals surface area contributed by atoms with Gasteiger partial charge in [0.25, 0.3) is 0 Å². The van der Waals surface area contributed by atoms with Gasteiger partial charge in [-0.15, -0.1) is 0 Å². The summed E-state index contributed by atoms with van der Waals surface area (Å²) in [6.07, 6.45) is 2.77. The van der Waals surface area contributed by atoms with Crippen molar-refractivity contribution in [2.45, 2.75) is 52.6 Å². The summed E-state index contributed by atoms with van der Waals surface area (Å²) >= 11 is 0. The molecule has 1 fully saturated rings. The molecule has 0 spiro atoms. The SMILES string of the molecule is CC.CC1CCC(C)N1C. The van der Waals surface area contributed by atoms with Gasteiger partial charge in [0.05, 0.1) is 0 Å². The average Bonchev–Trinajstić information content (AvgIpc) is 2.25. The molecule has 10 heavy (non-hydrogen) atoms. The lowest BCUT2D eigenvalue weighted by Gasteiger charge is -2.18. The van der Waals surface area contributed by atoms with E-state index in [1.165, 1.54) is 12.8 Å². The molecule has 0 radical (unpaired) electrons. The van der Waals surface area contributed by atoms with Crippen LogP contribution in [0.3, 0.4) is 0 Å². The lowest BCUT2D eigenvalue weighted by Crippen LogP contribution is -2.27. The number of nitrogens with zero attached hydrogens (tertiary/aromatic N) is 1. The second-order valence-electron chi connectivity index (χ2n) is 2.94. The van der Waals surface area contributed by atoms with Gasteiger partial charge in [0.1, 0.15) is 0 Å². The van der Waals surface area contributed by atoms with Crippen molar-refractivity contribution in [1.29, 1.82) is 0 Å². The highest BCUT2D eigenvalue weighted by molar-refractivity contribution is 4.78. The van der Waals surface area contributed by atoms with E-state index in [-0.39, 0.29) is 0 Å². The van der Waals surface area contributed by atoms with Crippen LogP contribution in [-0.4, -0.2) is 24.0 Å². The lowest BCUT2D eigenvalue weighted by atomic mass is 10.2. The number of likely N-dealkylation sites (tertiary alicyclic amines) is 1. The molecule has 0 aromatic heterocycles. The Morgan fingerprint density at radius 3 is 1.40 bits per heavy atom. The van der Waals surface area contributed by atoms with Crippen LogP contribution >= 0.6 is 0 Å². The number of rotatable bonds is 0. The van der Waals surface area contributed by atoms with Crippen LogP contribution in [0, 0.1) is 0 Å². The molecule has 1 saturated heterocycles. The Labute approximate surface area is 65.4 Å². The van der Waals surface area contributed by atoms with Crippen LogP contribution in [0.5, 0.6) is 0 Å². The molecule has 0 aliphatic carbocycles. The zero-order chi connectivity index (χ0) is 8.15. The first-order valence-corrected chi connectivity index (χ1v) is 4.43. The molecule has 62 valence electrons. The van der Waals surface area contributed by atoms with Gasteiger partial charge in [0, 0.05) is 12.1 Å². The van der Waals surface area contributed by atoms with Crippen LogP contribution in [0.2, 0.25) is 0 Å². The van der Waals surface area contributed by atoms with Crippen LogP contribution in [0.25, 0.3) is 0 Å². The third kappa shape index (κ3) is 2.30. The Balaban J connectivity index is 0.000000371. The molecule has 1 aliphatic heterocycles. The third-order valence-electron chi connectivity index (χ3n) is 2.39. The molecule has 0 amide bonds. The highest BCUT2D eigenvalue weighted by Gasteiger charge is 2.22. The maximum atomic E-state index is 2.44. The minimum Gasteiger partial charge on any atom is -0.301 e. The van der Waals surface area contributed by atoms with E-state index < -0.39 is 0 Å². The summed E-state index contributed by atoms with van der Waals surface area (Å²) in [7, 11) is 2.21. The molecule has 1 heteroatoms. The van der Waals surface area contributed by atoms with E-state index >= 15 is 0 Å². The van der Waals surface area contributed by atoms with E-state index in [9.17, 15) is 0 Å². The van der Waals surface area contributed by atoms with Crippen LogP contribution in [0.4, 0.5) is 0 Å². The van der Waals surface area contributed by atoms with Gasteiger partial charge in [-0.1, -0.05) is 13.8 Å². The lowest BCUT2D eigenvalue weighted by molar-refractivity contribution is 0.267. The summed E-state index contributed by atoms with van der Waals surface area (Å²) in [6.45, 7) is 8.59. The standard InChI is InChI=1S/C7H15N.C2H6/c1-6-4-5-7(2)8(6)3;1-2/h6-7H,4-5H2,1-3H3;1-2H3. The average molecular weight is 143 g/mol. The summed E-state index contributed by atoms with van der Waals surface area (Å²) in [5.74, 6) is 0. The van der Waals surface area contributed by atoms with Crippen LogP contribution in [0.1, 0.15) is 40.5 Å². The fourth-order valence-corrected chi connectivity index (χ4v) is 1.32. The van der Waals surface area contributed by atoms with E-state index in [1.807, 2.05) is 13.8 Å². The van der Waals surface area contributed by atoms with E-state index in [1.54, 1.807) is 0 Å². The van der Waals surface area contributed by atoms with Crippen molar-refractivity contribution in [2.24, 2.45) is 0 Å². The maximum absolute atomic E-state index is 2.44. The molecule has 2 atom stereocenters. The van der Waals surface area contributed by atoms with Gasteiger partial charge in [-0.25, -0.2) is 0 Å². The van der Waals surface area contributed by atoms with E-state index in [0.29, 0.717) is 0 Å². The Morgan fingerprint density at radius 2 is 1.30 bits per heavy atom. The smallest absolute Gasteiger partial charge is 0.00672 e. The molecule has 0 saturated carbocycles. The summed E-state index contributed by atoms with van der Waals surface area (Å²) in [5, 5.41) is 0. The number of hydrogen-bond acceptors (Lipinski definition) is 1. The maximum Gasteiger partial charge on any atom is 0.00672 e. The molecular formula is C9H21N. The Kier molecular flexibility index (Phi) is 4.71. The second-order valence-corrected chi connectivity index (χ2v) is 2.94. The van der Waals surface area contributed by atoms with Crippen LogP contribution < -0.4 is 0 Å². The summed E-state index contributed by atoms with van der Waals surface area (Å²) in [5.41, 5.74) is 0. The first-order valence-electron chi connectivity index (χ1n) is 4.43. The second kappa shape index (κ2) is 4.73. The Morgan fingerprint density at radius 1 is 1.00 bits per heavy atom. The highest BCUT2D eigenvalue weighted by Crippen LogP contribution is 2.20.